The van der Waals surface area contributed by atoms with E-state index in [1.54, 1.807) is 6.92 Å². The van der Waals surface area contributed by atoms with Crippen molar-refractivity contribution in [3.05, 3.63) is 5.01 Å². The minimum absolute atomic E-state index is 0.151. The molecule has 0 aliphatic heterocycles. The highest BCUT2D eigenvalue weighted by atomic mass is 32.1. The van der Waals surface area contributed by atoms with Crippen molar-refractivity contribution in [2.24, 2.45) is 0 Å². The topological polar surface area (TPSA) is 58.0 Å². The van der Waals surface area contributed by atoms with Crippen LogP contribution in [0.1, 0.15) is 24.8 Å². The molecule has 1 unspecified atom stereocenters. The zero-order valence-corrected chi connectivity index (χ0v) is 9.40. The lowest BCUT2D eigenvalue weighted by Crippen LogP contribution is -2.06. The number of hydrogen-bond donors (Lipinski definition) is 2. The van der Waals surface area contributed by atoms with Gasteiger partial charge in [-0.25, -0.2) is 0 Å². The van der Waals surface area contributed by atoms with Gasteiger partial charge in [0.1, 0.15) is 0 Å². The minimum Gasteiger partial charge on any atom is -0.393 e. The van der Waals surface area contributed by atoms with Gasteiger partial charge in [0, 0.05) is 6.54 Å². The van der Waals surface area contributed by atoms with Gasteiger partial charge in [-0.1, -0.05) is 11.3 Å². The monoisotopic (exact) mass is 255 g/mol. The van der Waals surface area contributed by atoms with Gasteiger partial charge in [0.05, 0.1) is 6.10 Å². The van der Waals surface area contributed by atoms with E-state index in [4.69, 9.17) is 5.11 Å². The molecule has 0 aliphatic carbocycles. The molecule has 0 aliphatic rings. The van der Waals surface area contributed by atoms with Gasteiger partial charge in [0.25, 0.3) is 0 Å². The largest absolute Gasteiger partial charge is 0.445 e. The molecule has 1 heterocycles. The molecule has 0 amide bonds. The van der Waals surface area contributed by atoms with E-state index in [-0.39, 0.29) is 5.13 Å². The first-order valence-electron chi connectivity index (χ1n) is 4.72. The fourth-order valence-electron chi connectivity index (χ4n) is 1.00. The second kappa shape index (κ2) is 5.44. The van der Waals surface area contributed by atoms with E-state index in [0.29, 0.717) is 30.7 Å². The standard InChI is InChI=1S/C8H12F3N3OS/c1-5(15)3-2-4-12-7-14-13-6(16-7)8(9,10)11/h5,15H,2-4H2,1H3,(H,12,14). The van der Waals surface area contributed by atoms with Crippen molar-refractivity contribution >= 4 is 16.5 Å². The molecule has 1 aromatic rings. The average molecular weight is 255 g/mol. The van der Waals surface area contributed by atoms with E-state index < -0.39 is 17.3 Å². The third-order valence-electron chi connectivity index (χ3n) is 1.74. The van der Waals surface area contributed by atoms with Crippen LogP contribution in [0.2, 0.25) is 0 Å². The van der Waals surface area contributed by atoms with Crippen LogP contribution in [0.4, 0.5) is 18.3 Å². The summed E-state index contributed by atoms with van der Waals surface area (Å²) in [5, 5.41) is 17.3. The molecule has 0 saturated carbocycles. The Kier molecular flexibility index (Phi) is 4.48. The molecule has 0 spiro atoms. The van der Waals surface area contributed by atoms with Crippen LogP contribution in [-0.4, -0.2) is 28.0 Å². The van der Waals surface area contributed by atoms with Crippen LogP contribution in [-0.2, 0) is 6.18 Å². The lowest BCUT2D eigenvalue weighted by Gasteiger charge is -2.03. The molecule has 1 rings (SSSR count). The highest BCUT2D eigenvalue weighted by Crippen LogP contribution is 2.32. The first-order chi connectivity index (χ1) is 7.39. The van der Waals surface area contributed by atoms with Crippen molar-refractivity contribution < 1.29 is 18.3 Å². The highest BCUT2D eigenvalue weighted by molar-refractivity contribution is 7.15. The Morgan fingerprint density at radius 2 is 2.12 bits per heavy atom. The zero-order valence-electron chi connectivity index (χ0n) is 8.58. The molecule has 0 fully saturated rings. The van der Waals surface area contributed by atoms with Crippen molar-refractivity contribution in [1.82, 2.24) is 10.2 Å². The first kappa shape index (κ1) is 13.2. The summed E-state index contributed by atoms with van der Waals surface area (Å²) in [5.41, 5.74) is 0. The van der Waals surface area contributed by atoms with E-state index in [9.17, 15) is 13.2 Å². The predicted molar refractivity (Wildman–Crippen MR) is 54.3 cm³/mol. The maximum absolute atomic E-state index is 12.1. The Hall–Kier alpha value is -0.890. The van der Waals surface area contributed by atoms with E-state index in [1.807, 2.05) is 0 Å². The summed E-state index contributed by atoms with van der Waals surface area (Å²) in [6, 6.07) is 0. The molecule has 1 aromatic heterocycles. The number of aromatic nitrogens is 2. The van der Waals surface area contributed by atoms with Gasteiger partial charge in [-0.05, 0) is 19.8 Å². The number of anilines is 1. The molecule has 4 nitrogen and oxygen atoms in total. The first-order valence-corrected chi connectivity index (χ1v) is 5.54. The second-order valence-corrected chi connectivity index (χ2v) is 4.31. The fourth-order valence-corrected chi connectivity index (χ4v) is 1.64. The molecule has 0 radical (unpaired) electrons. The van der Waals surface area contributed by atoms with Gasteiger partial charge < -0.3 is 10.4 Å². The number of nitrogens with zero attached hydrogens (tertiary/aromatic N) is 2. The molecule has 0 bridgehead atoms. The maximum atomic E-state index is 12.1. The van der Waals surface area contributed by atoms with Crippen molar-refractivity contribution in [2.45, 2.75) is 32.0 Å². The third kappa shape index (κ3) is 4.31. The van der Waals surface area contributed by atoms with Crippen LogP contribution >= 0.6 is 11.3 Å². The number of aliphatic hydroxyl groups excluding tert-OH is 1. The normalized spacial score (nSPS) is 13.8. The van der Waals surface area contributed by atoms with E-state index in [2.05, 4.69) is 15.5 Å². The van der Waals surface area contributed by atoms with Crippen LogP contribution in [0.3, 0.4) is 0 Å². The summed E-state index contributed by atoms with van der Waals surface area (Å²) in [6.07, 6.45) is -3.57. The van der Waals surface area contributed by atoms with Gasteiger partial charge in [0.2, 0.25) is 10.1 Å². The molecule has 8 heteroatoms. The van der Waals surface area contributed by atoms with Crippen LogP contribution in [0.15, 0.2) is 0 Å². The summed E-state index contributed by atoms with van der Waals surface area (Å²) in [4.78, 5) is 0. The molecule has 16 heavy (non-hydrogen) atoms. The second-order valence-electron chi connectivity index (χ2n) is 3.33. The number of rotatable bonds is 5. The number of alkyl halides is 3. The van der Waals surface area contributed by atoms with Crippen molar-refractivity contribution in [3.8, 4) is 0 Å². The van der Waals surface area contributed by atoms with Crippen LogP contribution in [0.25, 0.3) is 0 Å². The quantitative estimate of drug-likeness (QED) is 0.791. The van der Waals surface area contributed by atoms with Gasteiger partial charge in [-0.3, -0.25) is 0 Å². The third-order valence-corrected chi connectivity index (χ3v) is 2.67. The highest BCUT2D eigenvalue weighted by Gasteiger charge is 2.35. The van der Waals surface area contributed by atoms with Crippen LogP contribution < -0.4 is 5.32 Å². The lowest BCUT2D eigenvalue weighted by molar-refractivity contribution is -0.138. The Morgan fingerprint density at radius 3 is 2.62 bits per heavy atom. The molecule has 1 atom stereocenters. The van der Waals surface area contributed by atoms with E-state index in [1.165, 1.54) is 0 Å². The lowest BCUT2D eigenvalue weighted by atomic mass is 10.2. The van der Waals surface area contributed by atoms with Crippen molar-refractivity contribution in [2.75, 3.05) is 11.9 Å². The SMILES string of the molecule is CC(O)CCCNc1nnc(C(F)(F)F)s1. The number of halogens is 3. The minimum atomic E-state index is -4.43. The number of nitrogens with one attached hydrogen (secondary N) is 1. The molecule has 0 aromatic carbocycles. The summed E-state index contributed by atoms with van der Waals surface area (Å²) >= 11 is 0.478. The maximum Gasteiger partial charge on any atom is 0.445 e. The summed E-state index contributed by atoms with van der Waals surface area (Å²) in [5.74, 6) is 0. The van der Waals surface area contributed by atoms with E-state index >= 15 is 0 Å². The molecule has 2 N–H and O–H groups in total. The van der Waals surface area contributed by atoms with Crippen LogP contribution in [0, 0.1) is 0 Å². The van der Waals surface area contributed by atoms with Gasteiger partial charge in [-0.2, -0.15) is 13.2 Å². The molecule has 0 saturated heterocycles. The fraction of sp³-hybridized carbons (Fsp3) is 0.750. The van der Waals surface area contributed by atoms with E-state index in [0.717, 1.165) is 0 Å². The number of aliphatic hydroxyl groups is 1. The predicted octanol–water partition coefficient (Wildman–Crippen LogP) is 2.13. The molecule has 92 valence electrons. The summed E-state index contributed by atoms with van der Waals surface area (Å²) in [6.45, 7) is 2.13. The smallest absolute Gasteiger partial charge is 0.393 e. The Balaban J connectivity index is 2.36. The average Bonchev–Trinajstić information content (AvgIpc) is 2.59. The van der Waals surface area contributed by atoms with Gasteiger partial charge in [0.15, 0.2) is 0 Å². The Labute approximate surface area is 94.5 Å². The zero-order chi connectivity index (χ0) is 12.2. The van der Waals surface area contributed by atoms with Gasteiger partial charge >= 0.3 is 6.18 Å². The van der Waals surface area contributed by atoms with Crippen molar-refractivity contribution in [1.29, 1.82) is 0 Å². The van der Waals surface area contributed by atoms with Crippen molar-refractivity contribution in [3.63, 3.8) is 0 Å². The summed E-state index contributed by atoms with van der Waals surface area (Å²) < 4.78 is 36.4. The Bertz CT molecular complexity index is 327. The molecular weight excluding hydrogens is 243 g/mol. The van der Waals surface area contributed by atoms with Crippen LogP contribution in [0.5, 0.6) is 0 Å². The Morgan fingerprint density at radius 1 is 1.44 bits per heavy atom. The van der Waals surface area contributed by atoms with Gasteiger partial charge in [-0.15, -0.1) is 10.2 Å². The number of hydrogen-bond acceptors (Lipinski definition) is 5. The summed E-state index contributed by atoms with van der Waals surface area (Å²) in [7, 11) is 0. The molecular formula is C8H12F3N3OS.